The standard InChI is InChI=1S/C27H32N2O3/c1-20(2)29(21(3)4)18-19-31-24-16-12-23(13-17-24)28-27(30)22-10-14-26(15-11-22)32-25-8-6-5-7-9-25/h5-17,20-21H,18-19H2,1-4H3,(H,28,30). The number of para-hydroxylation sites is 1. The number of benzene rings is 3. The molecular formula is C27H32N2O3. The highest BCUT2D eigenvalue weighted by molar-refractivity contribution is 6.04. The van der Waals surface area contributed by atoms with E-state index >= 15 is 0 Å². The molecule has 1 amide bonds. The number of hydrogen-bond donors (Lipinski definition) is 1. The minimum Gasteiger partial charge on any atom is -0.492 e. The molecule has 1 N–H and O–H groups in total. The SMILES string of the molecule is CC(C)N(CCOc1ccc(NC(=O)c2ccc(Oc3ccccc3)cc2)cc1)C(C)C. The van der Waals surface area contributed by atoms with Crippen LogP contribution in [-0.4, -0.2) is 36.0 Å². The van der Waals surface area contributed by atoms with Gasteiger partial charge < -0.3 is 14.8 Å². The van der Waals surface area contributed by atoms with Gasteiger partial charge in [-0.05, 0) is 88.4 Å². The van der Waals surface area contributed by atoms with E-state index in [9.17, 15) is 4.79 Å². The van der Waals surface area contributed by atoms with Crippen molar-refractivity contribution in [1.82, 2.24) is 4.90 Å². The molecule has 0 bridgehead atoms. The molecule has 0 spiro atoms. The lowest BCUT2D eigenvalue weighted by molar-refractivity contribution is 0.102. The zero-order valence-corrected chi connectivity index (χ0v) is 19.2. The molecule has 0 aromatic heterocycles. The third-order valence-electron chi connectivity index (χ3n) is 5.15. The van der Waals surface area contributed by atoms with Crippen LogP contribution in [0.2, 0.25) is 0 Å². The average Bonchev–Trinajstić information content (AvgIpc) is 2.78. The van der Waals surface area contributed by atoms with E-state index < -0.39 is 0 Å². The lowest BCUT2D eigenvalue weighted by Crippen LogP contribution is -2.39. The van der Waals surface area contributed by atoms with Crippen LogP contribution in [0.3, 0.4) is 0 Å². The van der Waals surface area contributed by atoms with Crippen molar-refractivity contribution in [2.45, 2.75) is 39.8 Å². The number of amides is 1. The van der Waals surface area contributed by atoms with Crippen LogP contribution in [0.1, 0.15) is 38.1 Å². The number of hydrogen-bond acceptors (Lipinski definition) is 4. The molecule has 0 aliphatic rings. The van der Waals surface area contributed by atoms with Crippen molar-refractivity contribution in [2.75, 3.05) is 18.5 Å². The molecule has 0 heterocycles. The molecule has 5 nitrogen and oxygen atoms in total. The first kappa shape index (κ1) is 23.4. The highest BCUT2D eigenvalue weighted by Crippen LogP contribution is 2.22. The van der Waals surface area contributed by atoms with Gasteiger partial charge in [-0.3, -0.25) is 9.69 Å². The number of nitrogens with one attached hydrogen (secondary N) is 1. The summed E-state index contributed by atoms with van der Waals surface area (Å²) in [6, 6.07) is 25.0. The molecule has 5 heteroatoms. The van der Waals surface area contributed by atoms with Crippen LogP contribution in [0.5, 0.6) is 17.2 Å². The van der Waals surface area contributed by atoms with Gasteiger partial charge >= 0.3 is 0 Å². The summed E-state index contributed by atoms with van der Waals surface area (Å²) in [6.07, 6.45) is 0. The molecule has 0 saturated heterocycles. The van der Waals surface area contributed by atoms with Crippen LogP contribution in [0.15, 0.2) is 78.9 Å². The Labute approximate surface area is 191 Å². The van der Waals surface area contributed by atoms with E-state index in [4.69, 9.17) is 9.47 Å². The van der Waals surface area contributed by atoms with Crippen molar-refractivity contribution in [3.63, 3.8) is 0 Å². The maximum Gasteiger partial charge on any atom is 0.255 e. The van der Waals surface area contributed by atoms with Gasteiger partial charge in [-0.15, -0.1) is 0 Å². The Bertz CT molecular complexity index is 960. The molecular weight excluding hydrogens is 400 g/mol. The van der Waals surface area contributed by atoms with Gasteiger partial charge in [0, 0.05) is 29.9 Å². The lowest BCUT2D eigenvalue weighted by Gasteiger charge is -2.30. The fourth-order valence-corrected chi connectivity index (χ4v) is 3.52. The second-order valence-electron chi connectivity index (χ2n) is 8.19. The second kappa shape index (κ2) is 11.3. The zero-order valence-electron chi connectivity index (χ0n) is 19.2. The Kier molecular flexibility index (Phi) is 8.28. The first-order valence-electron chi connectivity index (χ1n) is 11.1. The van der Waals surface area contributed by atoms with E-state index in [0.717, 1.165) is 23.7 Å². The summed E-state index contributed by atoms with van der Waals surface area (Å²) in [5, 5.41) is 2.92. The summed E-state index contributed by atoms with van der Waals surface area (Å²) < 4.78 is 11.6. The molecule has 0 atom stereocenters. The van der Waals surface area contributed by atoms with Crippen LogP contribution in [0, 0.1) is 0 Å². The van der Waals surface area contributed by atoms with Crippen LogP contribution in [0.4, 0.5) is 5.69 Å². The molecule has 0 aliphatic carbocycles. The Hall–Kier alpha value is -3.31. The Morgan fingerprint density at radius 2 is 1.34 bits per heavy atom. The average molecular weight is 433 g/mol. The molecule has 0 radical (unpaired) electrons. The predicted molar refractivity (Wildman–Crippen MR) is 130 cm³/mol. The molecule has 3 rings (SSSR count). The van der Waals surface area contributed by atoms with Crippen molar-refractivity contribution in [3.8, 4) is 17.2 Å². The van der Waals surface area contributed by atoms with Gasteiger partial charge in [-0.25, -0.2) is 0 Å². The minimum absolute atomic E-state index is 0.172. The third kappa shape index (κ3) is 6.86. The van der Waals surface area contributed by atoms with Gasteiger partial charge in [0.05, 0.1) is 0 Å². The maximum absolute atomic E-state index is 12.6. The van der Waals surface area contributed by atoms with Crippen molar-refractivity contribution in [1.29, 1.82) is 0 Å². The largest absolute Gasteiger partial charge is 0.492 e. The van der Waals surface area contributed by atoms with Gasteiger partial charge in [0.25, 0.3) is 5.91 Å². The number of anilines is 1. The van der Waals surface area contributed by atoms with Crippen molar-refractivity contribution in [2.24, 2.45) is 0 Å². The van der Waals surface area contributed by atoms with E-state index in [0.29, 0.717) is 30.0 Å². The highest BCUT2D eigenvalue weighted by Gasteiger charge is 2.13. The van der Waals surface area contributed by atoms with E-state index in [1.54, 1.807) is 24.3 Å². The summed E-state index contributed by atoms with van der Waals surface area (Å²) in [6.45, 7) is 10.3. The van der Waals surface area contributed by atoms with Crippen molar-refractivity contribution < 1.29 is 14.3 Å². The number of ether oxygens (including phenoxy) is 2. The van der Waals surface area contributed by atoms with E-state index in [1.807, 2.05) is 54.6 Å². The maximum atomic E-state index is 12.6. The minimum atomic E-state index is -0.172. The Morgan fingerprint density at radius 3 is 1.94 bits per heavy atom. The summed E-state index contributed by atoms with van der Waals surface area (Å²) in [5.74, 6) is 2.06. The smallest absolute Gasteiger partial charge is 0.255 e. The quantitative estimate of drug-likeness (QED) is 0.413. The van der Waals surface area contributed by atoms with Gasteiger partial charge in [0.15, 0.2) is 0 Å². The molecule has 0 aliphatic heterocycles. The van der Waals surface area contributed by atoms with Crippen LogP contribution >= 0.6 is 0 Å². The normalized spacial score (nSPS) is 11.1. The molecule has 3 aromatic rings. The summed E-state index contributed by atoms with van der Waals surface area (Å²) in [4.78, 5) is 14.9. The molecule has 0 fully saturated rings. The van der Waals surface area contributed by atoms with Crippen LogP contribution in [0.25, 0.3) is 0 Å². The van der Waals surface area contributed by atoms with Gasteiger partial charge in [0.1, 0.15) is 23.9 Å². The molecule has 3 aromatic carbocycles. The molecule has 0 unspecified atom stereocenters. The highest BCUT2D eigenvalue weighted by atomic mass is 16.5. The first-order valence-corrected chi connectivity index (χ1v) is 11.1. The van der Waals surface area contributed by atoms with Crippen LogP contribution < -0.4 is 14.8 Å². The number of carbonyl (C=O) groups excluding carboxylic acids is 1. The van der Waals surface area contributed by atoms with Crippen molar-refractivity contribution >= 4 is 11.6 Å². The van der Waals surface area contributed by atoms with Gasteiger partial charge in [-0.1, -0.05) is 18.2 Å². The Morgan fingerprint density at radius 1 is 0.781 bits per heavy atom. The topological polar surface area (TPSA) is 50.8 Å². The summed E-state index contributed by atoms with van der Waals surface area (Å²) in [7, 11) is 0. The van der Waals surface area contributed by atoms with E-state index in [2.05, 4.69) is 37.9 Å². The fourth-order valence-electron chi connectivity index (χ4n) is 3.52. The summed E-state index contributed by atoms with van der Waals surface area (Å²) >= 11 is 0. The molecule has 0 saturated carbocycles. The zero-order chi connectivity index (χ0) is 22.9. The first-order chi connectivity index (χ1) is 15.4. The van der Waals surface area contributed by atoms with Gasteiger partial charge in [0.2, 0.25) is 0 Å². The van der Waals surface area contributed by atoms with Crippen molar-refractivity contribution in [3.05, 3.63) is 84.4 Å². The van der Waals surface area contributed by atoms with Gasteiger partial charge in [-0.2, -0.15) is 0 Å². The Balaban J connectivity index is 1.50. The number of carbonyl (C=O) groups is 1. The number of nitrogens with zero attached hydrogens (tertiary/aromatic N) is 1. The van der Waals surface area contributed by atoms with E-state index in [-0.39, 0.29) is 5.91 Å². The summed E-state index contributed by atoms with van der Waals surface area (Å²) in [5.41, 5.74) is 1.28. The number of rotatable bonds is 10. The predicted octanol–water partition coefficient (Wildman–Crippen LogP) is 6.23. The second-order valence-corrected chi connectivity index (χ2v) is 8.19. The van der Waals surface area contributed by atoms with Crippen LogP contribution in [-0.2, 0) is 0 Å². The monoisotopic (exact) mass is 432 g/mol. The third-order valence-corrected chi connectivity index (χ3v) is 5.15. The molecule has 32 heavy (non-hydrogen) atoms. The molecule has 168 valence electrons. The lowest BCUT2D eigenvalue weighted by atomic mass is 10.2. The van der Waals surface area contributed by atoms with E-state index in [1.165, 1.54) is 0 Å². The fraction of sp³-hybridized carbons (Fsp3) is 0.296.